The summed E-state index contributed by atoms with van der Waals surface area (Å²) in [4.78, 5) is 57.8. The minimum absolute atomic E-state index is 0.0124. The number of nitrogens with zero attached hydrogens (tertiary/aromatic N) is 3. The Morgan fingerprint density at radius 2 is 1.24 bits per heavy atom. The first kappa shape index (κ1) is 57.3. The van der Waals surface area contributed by atoms with Gasteiger partial charge in [0.05, 0.1) is 22.9 Å². The lowest BCUT2D eigenvalue weighted by Gasteiger charge is -2.38. The highest BCUT2D eigenvalue weighted by atomic mass is 19.4. The second-order valence-corrected chi connectivity index (χ2v) is 16.6. The first-order valence-corrected chi connectivity index (χ1v) is 20.0. The number of halogens is 12. The predicted octanol–water partition coefficient (Wildman–Crippen LogP) is 7.44. The third-order valence-electron chi connectivity index (χ3n) is 10.8. The van der Waals surface area contributed by atoms with E-state index in [2.05, 4.69) is 15.4 Å². The smallest absolute Gasteiger partial charge is 0.396 e. The van der Waals surface area contributed by atoms with Crippen molar-refractivity contribution in [2.75, 3.05) is 6.54 Å². The van der Waals surface area contributed by atoms with Crippen molar-refractivity contribution < 1.29 is 77.0 Å². The van der Waals surface area contributed by atoms with Crippen LogP contribution in [0.1, 0.15) is 76.6 Å². The molecule has 24 heteroatoms. The lowest BCUT2D eigenvalue weighted by atomic mass is 9.75. The number of Topliss-reactive ketones (excluding diaryl/α,β-unsaturated/α-hetero) is 2. The first-order chi connectivity index (χ1) is 30.8. The van der Waals surface area contributed by atoms with Gasteiger partial charge in [0.1, 0.15) is 23.5 Å². The van der Waals surface area contributed by atoms with Crippen LogP contribution >= 0.6 is 0 Å². The number of aliphatic hydroxyl groups is 1. The van der Waals surface area contributed by atoms with Crippen molar-refractivity contribution >= 4 is 47.0 Å². The molecule has 0 fully saturated rings. The number of hydrogen-bond acceptors (Lipinski definition) is 10. The number of alkyl halides is 10. The van der Waals surface area contributed by atoms with E-state index in [-0.39, 0.29) is 16.7 Å². The Morgan fingerprint density at radius 3 is 1.66 bits per heavy atom. The zero-order chi connectivity index (χ0) is 51.4. The SMILES string of the molecule is CC(=O)C[C@H](C(=O)NN(Cc1c(F)cc(C(C=NC(F)F)=CN)cc1F)C[C@H](O)[C@@H](CC(=O)[C@@H](NC(C)=O)C(C)(C)C(F)(F)F)Cc1ccc(C(C=NC(F)F)=CN)cc1)C(C)(C)C(F)(F)F. The minimum atomic E-state index is -5.13. The highest BCUT2D eigenvalue weighted by Crippen LogP contribution is 2.45. The molecule has 0 bridgehead atoms. The van der Waals surface area contributed by atoms with Crippen LogP contribution < -0.4 is 22.2 Å². The molecule has 2 aromatic carbocycles. The molecule has 0 aliphatic carbocycles. The monoisotopic (exact) mass is 973 g/mol. The van der Waals surface area contributed by atoms with Crippen LogP contribution in [-0.2, 0) is 32.1 Å². The van der Waals surface area contributed by atoms with Crippen LogP contribution in [0.5, 0.6) is 0 Å². The molecular formula is C43H51F12N7O5. The number of nitrogens with two attached hydrogens (primary N) is 2. The number of carbonyl (C=O) groups excluding carboxylic acids is 4. The number of allylic oxidation sites excluding steroid dienone is 2. The molecule has 0 aliphatic heterocycles. The molecule has 372 valence electrons. The molecule has 0 aromatic heterocycles. The number of carbonyl (C=O) groups is 4. The number of amides is 2. The van der Waals surface area contributed by atoms with E-state index in [4.69, 9.17) is 11.5 Å². The van der Waals surface area contributed by atoms with Crippen LogP contribution in [0.3, 0.4) is 0 Å². The molecule has 0 unspecified atom stereocenters. The van der Waals surface area contributed by atoms with Gasteiger partial charge in [-0.2, -0.15) is 43.9 Å². The van der Waals surface area contributed by atoms with E-state index in [0.29, 0.717) is 57.3 Å². The van der Waals surface area contributed by atoms with E-state index in [1.165, 1.54) is 24.3 Å². The van der Waals surface area contributed by atoms with Crippen LogP contribution in [0.15, 0.2) is 58.8 Å². The van der Waals surface area contributed by atoms with Gasteiger partial charge in [-0.3, -0.25) is 19.8 Å². The summed E-state index contributed by atoms with van der Waals surface area (Å²) in [6.45, 7) is -4.33. The van der Waals surface area contributed by atoms with Gasteiger partial charge in [-0.1, -0.05) is 38.1 Å². The molecule has 2 amide bonds. The molecule has 67 heavy (non-hydrogen) atoms. The van der Waals surface area contributed by atoms with Gasteiger partial charge in [-0.15, -0.1) is 0 Å². The average Bonchev–Trinajstić information content (AvgIpc) is 3.19. The molecule has 4 atom stereocenters. The number of rotatable bonds is 23. The molecular weight excluding hydrogens is 922 g/mol. The summed E-state index contributed by atoms with van der Waals surface area (Å²) < 4.78 is 169. The molecule has 2 rings (SSSR count). The molecule has 0 radical (unpaired) electrons. The number of aliphatic imine (C=N–C) groups is 2. The van der Waals surface area contributed by atoms with Crippen LogP contribution in [0.2, 0.25) is 0 Å². The number of hydrazine groups is 1. The lowest BCUT2D eigenvalue weighted by molar-refractivity contribution is -0.230. The van der Waals surface area contributed by atoms with E-state index >= 15 is 8.78 Å². The van der Waals surface area contributed by atoms with Crippen molar-refractivity contribution in [3.05, 3.63) is 82.7 Å². The number of ketones is 2. The standard InChI is InChI=1S/C43H51F12N7O5/c1-22(63)11-31(40(3,4)42(50,51)52)37(67)61-62(20-30-32(44)13-26(14-33(30)45)29(17-57)19-59-39(48)49)21-35(66)27(15-34(65)36(60-23(2)64)41(5,6)43(53,54)55)12-24-7-9-25(10-8-24)28(16-56)18-58-38(46)47/h7-10,13-14,16-19,27,31,35-36,38-39,66H,11-12,15,20-21,56-57H2,1-6H3,(H,60,64)(H,61,67)/t27-,31-,35+,36-/m1/s1. The van der Waals surface area contributed by atoms with E-state index < -0.39 is 144 Å². The molecule has 12 nitrogen and oxygen atoms in total. The van der Waals surface area contributed by atoms with Crippen molar-refractivity contribution in [2.24, 2.45) is 44.1 Å². The summed E-state index contributed by atoms with van der Waals surface area (Å²) in [5.74, 6) is -11.4. The summed E-state index contributed by atoms with van der Waals surface area (Å²) in [5.41, 5.74) is 5.87. The van der Waals surface area contributed by atoms with E-state index in [1.807, 2.05) is 5.32 Å². The highest BCUT2D eigenvalue weighted by Gasteiger charge is 2.56. The molecule has 7 N–H and O–H groups in total. The third-order valence-corrected chi connectivity index (χ3v) is 10.8. The number of aliphatic hydroxyl groups excluding tert-OH is 1. The Balaban J connectivity index is 2.85. The molecule has 2 aromatic rings. The molecule has 0 saturated heterocycles. The first-order valence-electron chi connectivity index (χ1n) is 20.0. The van der Waals surface area contributed by atoms with Gasteiger partial charge in [0.2, 0.25) is 11.8 Å². The van der Waals surface area contributed by atoms with Gasteiger partial charge < -0.3 is 26.7 Å². The maximum Gasteiger partial charge on any atom is 0.396 e. The summed E-state index contributed by atoms with van der Waals surface area (Å²) >= 11 is 0. The molecule has 0 spiro atoms. The minimum Gasteiger partial charge on any atom is -0.404 e. The Morgan fingerprint density at radius 1 is 0.761 bits per heavy atom. The predicted molar refractivity (Wildman–Crippen MR) is 224 cm³/mol. The van der Waals surface area contributed by atoms with Gasteiger partial charge in [-0.25, -0.2) is 23.8 Å². The molecule has 0 heterocycles. The number of hydrogen-bond donors (Lipinski definition) is 5. The van der Waals surface area contributed by atoms with Gasteiger partial charge >= 0.3 is 25.5 Å². The Labute approximate surface area is 377 Å². The van der Waals surface area contributed by atoms with Gasteiger partial charge in [0, 0.05) is 74.4 Å². The van der Waals surface area contributed by atoms with E-state index in [0.717, 1.165) is 26.3 Å². The van der Waals surface area contributed by atoms with Crippen LogP contribution in [0.4, 0.5) is 52.7 Å². The van der Waals surface area contributed by atoms with Gasteiger partial charge in [-0.05, 0) is 61.9 Å². The average molecular weight is 974 g/mol. The Bertz CT molecular complexity index is 2150. The zero-order valence-electron chi connectivity index (χ0n) is 36.9. The fourth-order valence-electron chi connectivity index (χ4n) is 6.62. The maximum atomic E-state index is 15.8. The van der Waals surface area contributed by atoms with Crippen molar-refractivity contribution in [3.8, 4) is 0 Å². The quantitative estimate of drug-likeness (QED) is 0.0328. The molecule has 0 aliphatic rings. The Kier molecular flexibility index (Phi) is 20.4. The van der Waals surface area contributed by atoms with Gasteiger partial charge in [0.15, 0.2) is 5.78 Å². The van der Waals surface area contributed by atoms with Crippen molar-refractivity contribution in [3.63, 3.8) is 0 Å². The topological polar surface area (TPSA) is 193 Å². The number of benzene rings is 2. The number of nitrogens with one attached hydrogen (secondary N) is 2. The van der Waals surface area contributed by atoms with Crippen LogP contribution in [-0.4, -0.2) is 90.1 Å². The second kappa shape index (κ2) is 23.8. The lowest BCUT2D eigenvalue weighted by Crippen LogP contribution is -2.56. The zero-order valence-corrected chi connectivity index (χ0v) is 36.9. The largest absolute Gasteiger partial charge is 0.404 e. The van der Waals surface area contributed by atoms with Gasteiger partial charge in [0.25, 0.3) is 0 Å². The van der Waals surface area contributed by atoms with Crippen molar-refractivity contribution in [1.82, 2.24) is 15.8 Å². The Hall–Kier alpha value is -5.78. The summed E-state index contributed by atoms with van der Waals surface area (Å²) in [6, 6.07) is 4.31. The summed E-state index contributed by atoms with van der Waals surface area (Å²) in [5, 5.41) is 14.4. The van der Waals surface area contributed by atoms with E-state index in [1.54, 1.807) is 0 Å². The van der Waals surface area contributed by atoms with Crippen LogP contribution in [0.25, 0.3) is 11.1 Å². The summed E-state index contributed by atoms with van der Waals surface area (Å²) in [7, 11) is 0. The fourth-order valence-corrected chi connectivity index (χ4v) is 6.62. The maximum absolute atomic E-state index is 15.8. The van der Waals surface area contributed by atoms with Crippen LogP contribution in [0, 0.1) is 34.3 Å². The second-order valence-electron chi connectivity index (χ2n) is 16.6. The summed E-state index contributed by atoms with van der Waals surface area (Å²) in [6.07, 6.45) is -11.8. The third kappa shape index (κ3) is 16.2. The fraction of sp³-hybridized carbons (Fsp3) is 0.488. The normalized spacial score (nSPS) is 15.4. The van der Waals surface area contributed by atoms with Crippen molar-refractivity contribution in [1.29, 1.82) is 0 Å². The molecule has 0 saturated carbocycles. The van der Waals surface area contributed by atoms with E-state index in [9.17, 15) is 68.2 Å². The van der Waals surface area contributed by atoms with Crippen molar-refractivity contribution in [2.45, 2.75) is 105 Å². The highest BCUT2D eigenvalue weighted by molar-refractivity contribution is 6.10.